The van der Waals surface area contributed by atoms with E-state index in [0.717, 1.165) is 5.56 Å². The number of carbonyl (C=O) groups is 2. The molecule has 0 aliphatic carbocycles. The van der Waals surface area contributed by atoms with Gasteiger partial charge in [-0.15, -0.1) is 0 Å². The average molecular weight is 483 g/mol. The van der Waals surface area contributed by atoms with Crippen molar-refractivity contribution in [2.45, 2.75) is 6.42 Å². The van der Waals surface area contributed by atoms with Gasteiger partial charge in [0.05, 0.1) is 31.3 Å². The molecular weight excluding hydrogens is 456 g/mol. The number of hydrogen-bond donors (Lipinski definition) is 1. The number of hydrogen-bond acceptors (Lipinski definition) is 6. The predicted octanol–water partition coefficient (Wildman–Crippen LogP) is 5.98. The average Bonchev–Trinajstić information content (AvgIpc) is 2.92. The van der Waals surface area contributed by atoms with Gasteiger partial charge in [0.1, 0.15) is 29.6 Å². The van der Waals surface area contributed by atoms with Gasteiger partial charge in [0.2, 0.25) is 0 Å². The van der Waals surface area contributed by atoms with Gasteiger partial charge in [-0.3, -0.25) is 9.59 Å². The molecule has 0 saturated carbocycles. The molecule has 0 fully saturated rings. The summed E-state index contributed by atoms with van der Waals surface area (Å²) in [4.78, 5) is 26.1. The summed E-state index contributed by atoms with van der Waals surface area (Å²) in [6.45, 7) is 0.0659. The molecule has 0 radical (unpaired) electrons. The number of carbonyl (C=O) groups excluding carboxylic acids is 2. The van der Waals surface area contributed by atoms with Gasteiger partial charge in [-0.2, -0.15) is 0 Å². The quantitative estimate of drug-likeness (QED) is 0.209. The standard InChI is InChI=1S/C30H26O6/c1-34-30-25(27(33)20-26(32)21-12-14-23(15-13-21)35-19-18-31)16-17-28(36-24-10-6-3-7-11-24)29(30)22-8-4-2-5-9-22/h2-17,31H,18-20H2,1H3. The summed E-state index contributed by atoms with van der Waals surface area (Å²) in [6.07, 6.45) is -0.319. The van der Waals surface area contributed by atoms with Crippen LogP contribution < -0.4 is 14.2 Å². The number of aliphatic hydroxyl groups is 1. The topological polar surface area (TPSA) is 82.1 Å². The molecule has 4 aromatic carbocycles. The van der Waals surface area contributed by atoms with Crippen molar-refractivity contribution in [1.82, 2.24) is 0 Å². The fraction of sp³-hybridized carbons (Fsp3) is 0.133. The van der Waals surface area contributed by atoms with Crippen LogP contribution in [0.1, 0.15) is 27.1 Å². The number of methoxy groups -OCH3 is 1. The van der Waals surface area contributed by atoms with Crippen LogP contribution in [0.25, 0.3) is 11.1 Å². The Kier molecular flexibility index (Phi) is 8.11. The van der Waals surface area contributed by atoms with Gasteiger partial charge in [0, 0.05) is 5.56 Å². The summed E-state index contributed by atoms with van der Waals surface area (Å²) in [5.41, 5.74) is 2.14. The molecule has 36 heavy (non-hydrogen) atoms. The Hall–Kier alpha value is -4.42. The zero-order valence-corrected chi connectivity index (χ0v) is 19.8. The summed E-state index contributed by atoms with van der Waals surface area (Å²) in [5, 5.41) is 8.87. The minimum Gasteiger partial charge on any atom is -0.495 e. The van der Waals surface area contributed by atoms with Gasteiger partial charge < -0.3 is 19.3 Å². The third-order valence-corrected chi connectivity index (χ3v) is 5.51. The highest BCUT2D eigenvalue weighted by atomic mass is 16.5. The van der Waals surface area contributed by atoms with Crippen LogP contribution in [0.3, 0.4) is 0 Å². The van der Waals surface area contributed by atoms with Crippen molar-refractivity contribution in [1.29, 1.82) is 0 Å². The van der Waals surface area contributed by atoms with Crippen LogP contribution in [0.2, 0.25) is 0 Å². The number of ketones is 2. The molecule has 0 aliphatic rings. The van der Waals surface area contributed by atoms with Gasteiger partial charge in [0.25, 0.3) is 0 Å². The molecule has 4 rings (SSSR count). The fourth-order valence-electron chi connectivity index (χ4n) is 3.82. The molecule has 0 bridgehead atoms. The normalized spacial score (nSPS) is 10.5. The van der Waals surface area contributed by atoms with E-state index in [1.807, 2.05) is 60.7 Å². The maximum atomic E-state index is 13.3. The van der Waals surface area contributed by atoms with Crippen molar-refractivity contribution in [3.8, 4) is 34.1 Å². The largest absolute Gasteiger partial charge is 0.495 e. The van der Waals surface area contributed by atoms with E-state index in [-0.39, 0.29) is 31.2 Å². The first-order chi connectivity index (χ1) is 17.6. The van der Waals surface area contributed by atoms with E-state index in [0.29, 0.717) is 39.7 Å². The van der Waals surface area contributed by atoms with Crippen molar-refractivity contribution >= 4 is 11.6 Å². The number of aliphatic hydroxyl groups excluding tert-OH is 1. The Morgan fingerprint density at radius 2 is 1.42 bits per heavy atom. The lowest BCUT2D eigenvalue weighted by Gasteiger charge is -2.18. The highest BCUT2D eigenvalue weighted by molar-refractivity contribution is 6.15. The highest BCUT2D eigenvalue weighted by Gasteiger charge is 2.23. The van der Waals surface area contributed by atoms with E-state index in [1.165, 1.54) is 7.11 Å². The molecule has 0 unspecified atom stereocenters. The Labute approximate surface area is 209 Å². The van der Waals surface area contributed by atoms with Gasteiger partial charge in [-0.25, -0.2) is 0 Å². The molecule has 0 heterocycles. The molecule has 0 aromatic heterocycles. The maximum Gasteiger partial charge on any atom is 0.174 e. The number of para-hydroxylation sites is 1. The molecule has 1 N–H and O–H groups in total. The zero-order chi connectivity index (χ0) is 25.3. The molecular formula is C30H26O6. The van der Waals surface area contributed by atoms with E-state index >= 15 is 0 Å². The first-order valence-electron chi connectivity index (χ1n) is 11.5. The van der Waals surface area contributed by atoms with Crippen molar-refractivity contribution in [3.63, 3.8) is 0 Å². The molecule has 6 heteroatoms. The lowest BCUT2D eigenvalue weighted by atomic mass is 9.95. The Morgan fingerprint density at radius 3 is 2.06 bits per heavy atom. The van der Waals surface area contributed by atoms with E-state index in [9.17, 15) is 9.59 Å². The summed E-state index contributed by atoms with van der Waals surface area (Å²) in [7, 11) is 1.50. The summed E-state index contributed by atoms with van der Waals surface area (Å²) < 4.78 is 17.2. The molecule has 0 spiro atoms. The van der Waals surface area contributed by atoms with E-state index < -0.39 is 0 Å². The molecule has 0 aliphatic heterocycles. The smallest absolute Gasteiger partial charge is 0.174 e. The van der Waals surface area contributed by atoms with E-state index in [4.69, 9.17) is 19.3 Å². The second-order valence-corrected chi connectivity index (χ2v) is 7.92. The summed E-state index contributed by atoms with van der Waals surface area (Å²) in [6, 6.07) is 28.7. The van der Waals surface area contributed by atoms with Gasteiger partial charge >= 0.3 is 0 Å². The van der Waals surface area contributed by atoms with Crippen LogP contribution in [-0.4, -0.2) is 37.0 Å². The third-order valence-electron chi connectivity index (χ3n) is 5.51. The van der Waals surface area contributed by atoms with Crippen LogP contribution in [0.4, 0.5) is 0 Å². The number of rotatable bonds is 11. The molecule has 0 saturated heterocycles. The predicted molar refractivity (Wildman–Crippen MR) is 137 cm³/mol. The second-order valence-electron chi connectivity index (χ2n) is 7.92. The summed E-state index contributed by atoms with van der Waals surface area (Å²) in [5.74, 6) is 1.39. The Balaban J connectivity index is 1.64. The minimum absolute atomic E-state index is 0.100. The lowest BCUT2D eigenvalue weighted by Crippen LogP contribution is -2.11. The van der Waals surface area contributed by atoms with Crippen molar-refractivity contribution in [3.05, 3.63) is 108 Å². The first-order valence-corrected chi connectivity index (χ1v) is 11.5. The molecule has 0 amide bonds. The molecule has 0 atom stereocenters. The number of benzene rings is 4. The minimum atomic E-state index is -0.360. The van der Waals surface area contributed by atoms with Gasteiger partial charge in [-0.05, 0) is 54.1 Å². The zero-order valence-electron chi connectivity index (χ0n) is 19.8. The highest BCUT2D eigenvalue weighted by Crippen LogP contribution is 2.43. The van der Waals surface area contributed by atoms with E-state index in [2.05, 4.69) is 0 Å². The van der Waals surface area contributed by atoms with E-state index in [1.54, 1.807) is 36.4 Å². The van der Waals surface area contributed by atoms with Crippen LogP contribution in [0.5, 0.6) is 23.0 Å². The SMILES string of the molecule is COc1c(C(=O)CC(=O)c2ccc(OCCO)cc2)ccc(Oc2ccccc2)c1-c1ccccc1. The van der Waals surface area contributed by atoms with Crippen LogP contribution >= 0.6 is 0 Å². The third kappa shape index (κ3) is 5.79. The number of ether oxygens (including phenoxy) is 3. The Morgan fingerprint density at radius 1 is 0.750 bits per heavy atom. The van der Waals surface area contributed by atoms with Crippen LogP contribution in [0, 0.1) is 0 Å². The molecule has 6 nitrogen and oxygen atoms in total. The van der Waals surface area contributed by atoms with Crippen molar-refractivity contribution < 1.29 is 28.9 Å². The lowest BCUT2D eigenvalue weighted by molar-refractivity contribution is 0.0892. The van der Waals surface area contributed by atoms with Gasteiger partial charge in [0.15, 0.2) is 11.6 Å². The second kappa shape index (κ2) is 11.8. The Bertz CT molecular complexity index is 1320. The molecule has 182 valence electrons. The van der Waals surface area contributed by atoms with Crippen molar-refractivity contribution in [2.24, 2.45) is 0 Å². The first kappa shape index (κ1) is 24.7. The maximum absolute atomic E-state index is 13.3. The fourth-order valence-corrected chi connectivity index (χ4v) is 3.82. The van der Waals surface area contributed by atoms with Crippen LogP contribution in [0.15, 0.2) is 97.1 Å². The summed E-state index contributed by atoms with van der Waals surface area (Å²) >= 11 is 0. The van der Waals surface area contributed by atoms with Crippen molar-refractivity contribution in [2.75, 3.05) is 20.3 Å². The molecule has 4 aromatic rings. The monoisotopic (exact) mass is 482 g/mol. The van der Waals surface area contributed by atoms with Gasteiger partial charge in [-0.1, -0.05) is 48.5 Å². The van der Waals surface area contributed by atoms with Crippen LogP contribution in [-0.2, 0) is 0 Å². The number of Topliss-reactive ketones (excluding diaryl/α,β-unsaturated/α-hetero) is 2.